The van der Waals surface area contributed by atoms with Crippen molar-refractivity contribution >= 4 is 5.78 Å². The summed E-state index contributed by atoms with van der Waals surface area (Å²) in [6, 6.07) is 0. The van der Waals surface area contributed by atoms with Crippen molar-refractivity contribution in [2.75, 3.05) is 39.8 Å². The van der Waals surface area contributed by atoms with Crippen molar-refractivity contribution in [3.8, 4) is 0 Å². The molecule has 0 spiro atoms. The minimum atomic E-state index is 0.217. The van der Waals surface area contributed by atoms with Gasteiger partial charge in [-0.3, -0.25) is 9.69 Å². The van der Waals surface area contributed by atoms with Gasteiger partial charge in [-0.2, -0.15) is 0 Å². The summed E-state index contributed by atoms with van der Waals surface area (Å²) in [6.07, 6.45) is 3.64. The van der Waals surface area contributed by atoms with Crippen molar-refractivity contribution in [2.24, 2.45) is 5.92 Å². The molecular weight excluding hydrogens is 200 g/mol. The third-order valence-corrected chi connectivity index (χ3v) is 3.58. The number of likely N-dealkylation sites (tertiary alicyclic amines) is 1. The lowest BCUT2D eigenvalue weighted by Crippen LogP contribution is -2.35. The molecule has 0 aromatic heterocycles. The molecule has 1 saturated heterocycles. The van der Waals surface area contributed by atoms with Gasteiger partial charge in [0.25, 0.3) is 0 Å². The number of ketones is 1. The number of likely N-dealkylation sites (N-methyl/N-ethyl adjacent to an activating group) is 1. The highest BCUT2D eigenvalue weighted by molar-refractivity contribution is 5.82. The van der Waals surface area contributed by atoms with Crippen LogP contribution < -0.4 is 0 Å². The molecular formula is C13H26N2O. The van der Waals surface area contributed by atoms with Crippen LogP contribution in [0.2, 0.25) is 0 Å². The second-order valence-corrected chi connectivity index (χ2v) is 5.06. The molecule has 3 heteroatoms. The summed E-state index contributed by atoms with van der Waals surface area (Å²) in [5.41, 5.74) is 0. The Labute approximate surface area is 99.8 Å². The maximum atomic E-state index is 11.7. The molecule has 1 aliphatic rings. The number of rotatable bonds is 7. The first-order valence-electron chi connectivity index (χ1n) is 6.57. The van der Waals surface area contributed by atoms with E-state index in [-0.39, 0.29) is 5.92 Å². The van der Waals surface area contributed by atoms with Gasteiger partial charge in [0.2, 0.25) is 0 Å². The molecule has 1 atom stereocenters. The van der Waals surface area contributed by atoms with E-state index in [2.05, 4.69) is 23.8 Å². The van der Waals surface area contributed by atoms with E-state index in [0.717, 1.165) is 19.5 Å². The van der Waals surface area contributed by atoms with Crippen LogP contribution in [0.15, 0.2) is 0 Å². The normalized spacial score (nSPS) is 19.2. The van der Waals surface area contributed by atoms with Crippen LogP contribution in [0.4, 0.5) is 0 Å². The Hall–Kier alpha value is -0.410. The number of carbonyl (C=O) groups is 1. The van der Waals surface area contributed by atoms with Gasteiger partial charge in [-0.1, -0.05) is 13.8 Å². The first kappa shape index (κ1) is 13.7. The molecule has 0 N–H and O–H groups in total. The van der Waals surface area contributed by atoms with E-state index in [9.17, 15) is 4.79 Å². The summed E-state index contributed by atoms with van der Waals surface area (Å²) in [5.74, 6) is 0.598. The van der Waals surface area contributed by atoms with Crippen LogP contribution in [0.1, 0.15) is 33.1 Å². The van der Waals surface area contributed by atoms with E-state index in [1.165, 1.54) is 25.9 Å². The monoisotopic (exact) mass is 226 g/mol. The molecule has 94 valence electrons. The second-order valence-electron chi connectivity index (χ2n) is 5.06. The Morgan fingerprint density at radius 3 is 2.56 bits per heavy atom. The van der Waals surface area contributed by atoms with Gasteiger partial charge < -0.3 is 4.90 Å². The molecule has 1 aliphatic heterocycles. The van der Waals surface area contributed by atoms with Crippen LogP contribution in [0.5, 0.6) is 0 Å². The van der Waals surface area contributed by atoms with Crippen molar-refractivity contribution < 1.29 is 4.79 Å². The summed E-state index contributed by atoms with van der Waals surface area (Å²) in [4.78, 5) is 16.4. The lowest BCUT2D eigenvalue weighted by Gasteiger charge is -2.21. The number of carbonyl (C=O) groups excluding carboxylic acids is 1. The fraction of sp³-hybridized carbons (Fsp3) is 0.923. The maximum absolute atomic E-state index is 11.7. The molecule has 16 heavy (non-hydrogen) atoms. The van der Waals surface area contributed by atoms with E-state index >= 15 is 0 Å². The van der Waals surface area contributed by atoms with Crippen LogP contribution in [0.3, 0.4) is 0 Å². The molecule has 0 aromatic rings. The van der Waals surface area contributed by atoms with Crippen molar-refractivity contribution in [3.63, 3.8) is 0 Å². The highest BCUT2D eigenvalue weighted by Gasteiger charge is 2.15. The Morgan fingerprint density at radius 2 is 2.00 bits per heavy atom. The number of Topliss-reactive ketones (excluding diaryl/α,β-unsaturated/α-hetero) is 1. The van der Waals surface area contributed by atoms with Gasteiger partial charge in [0.15, 0.2) is 0 Å². The van der Waals surface area contributed by atoms with Gasteiger partial charge in [-0.15, -0.1) is 0 Å². The Kier molecular flexibility index (Phi) is 5.99. The molecule has 3 nitrogen and oxygen atoms in total. The predicted octanol–water partition coefficient (Wildman–Crippen LogP) is 1.63. The van der Waals surface area contributed by atoms with Gasteiger partial charge in [0, 0.05) is 19.0 Å². The number of hydrogen-bond donors (Lipinski definition) is 0. The van der Waals surface area contributed by atoms with Gasteiger partial charge >= 0.3 is 0 Å². The van der Waals surface area contributed by atoms with Crippen molar-refractivity contribution in [3.05, 3.63) is 0 Å². The summed E-state index contributed by atoms with van der Waals surface area (Å²) >= 11 is 0. The van der Waals surface area contributed by atoms with Crippen LogP contribution >= 0.6 is 0 Å². The standard InChI is InChI=1S/C13H26N2O/c1-4-12(2)13(16)11-14(3)9-10-15-7-5-6-8-15/h12H,4-11H2,1-3H3. The zero-order valence-corrected chi connectivity index (χ0v) is 11.0. The number of hydrogen-bond acceptors (Lipinski definition) is 3. The fourth-order valence-corrected chi connectivity index (χ4v) is 2.05. The average Bonchev–Trinajstić information content (AvgIpc) is 2.78. The molecule has 0 aromatic carbocycles. The topological polar surface area (TPSA) is 23.6 Å². The maximum Gasteiger partial charge on any atom is 0.149 e. The lowest BCUT2D eigenvalue weighted by atomic mass is 10.0. The average molecular weight is 226 g/mol. The van der Waals surface area contributed by atoms with Crippen LogP contribution in [0.25, 0.3) is 0 Å². The molecule has 1 rings (SSSR count). The molecule has 1 fully saturated rings. The number of nitrogens with zero attached hydrogens (tertiary/aromatic N) is 2. The molecule has 1 unspecified atom stereocenters. The zero-order chi connectivity index (χ0) is 12.0. The summed E-state index contributed by atoms with van der Waals surface area (Å²) < 4.78 is 0. The van der Waals surface area contributed by atoms with Crippen molar-refractivity contribution in [2.45, 2.75) is 33.1 Å². The Morgan fingerprint density at radius 1 is 1.38 bits per heavy atom. The molecule has 0 radical (unpaired) electrons. The molecule has 1 heterocycles. The third kappa shape index (κ3) is 4.62. The summed E-state index contributed by atoms with van der Waals surface area (Å²) in [5, 5.41) is 0. The Bertz CT molecular complexity index is 212. The van der Waals surface area contributed by atoms with E-state index in [0.29, 0.717) is 12.3 Å². The Balaban J connectivity index is 2.14. The van der Waals surface area contributed by atoms with Gasteiger partial charge in [-0.05, 0) is 39.4 Å². The molecule has 0 amide bonds. The summed E-state index contributed by atoms with van der Waals surface area (Å²) in [6.45, 7) is 9.33. The fourth-order valence-electron chi connectivity index (χ4n) is 2.05. The SMILES string of the molecule is CCC(C)C(=O)CN(C)CCN1CCCC1. The zero-order valence-electron chi connectivity index (χ0n) is 11.0. The van der Waals surface area contributed by atoms with E-state index < -0.39 is 0 Å². The van der Waals surface area contributed by atoms with E-state index in [1.807, 2.05) is 6.92 Å². The first-order valence-corrected chi connectivity index (χ1v) is 6.57. The van der Waals surface area contributed by atoms with Gasteiger partial charge in [0.05, 0.1) is 6.54 Å². The molecule has 0 bridgehead atoms. The first-order chi connectivity index (χ1) is 7.63. The van der Waals surface area contributed by atoms with Crippen molar-refractivity contribution in [1.82, 2.24) is 9.80 Å². The van der Waals surface area contributed by atoms with Gasteiger partial charge in [0.1, 0.15) is 5.78 Å². The van der Waals surface area contributed by atoms with E-state index in [4.69, 9.17) is 0 Å². The third-order valence-electron chi connectivity index (χ3n) is 3.58. The molecule has 0 saturated carbocycles. The minimum absolute atomic E-state index is 0.217. The minimum Gasteiger partial charge on any atom is -0.302 e. The van der Waals surface area contributed by atoms with Crippen molar-refractivity contribution in [1.29, 1.82) is 0 Å². The van der Waals surface area contributed by atoms with Gasteiger partial charge in [-0.25, -0.2) is 0 Å². The van der Waals surface area contributed by atoms with Crippen LogP contribution in [-0.2, 0) is 4.79 Å². The van der Waals surface area contributed by atoms with Crippen LogP contribution in [0, 0.1) is 5.92 Å². The highest BCUT2D eigenvalue weighted by Crippen LogP contribution is 2.07. The van der Waals surface area contributed by atoms with E-state index in [1.54, 1.807) is 0 Å². The predicted molar refractivity (Wildman–Crippen MR) is 67.6 cm³/mol. The lowest BCUT2D eigenvalue weighted by molar-refractivity contribution is -0.123. The summed E-state index contributed by atoms with van der Waals surface area (Å²) in [7, 11) is 2.05. The van der Waals surface area contributed by atoms with Crippen LogP contribution in [-0.4, -0.2) is 55.4 Å². The second kappa shape index (κ2) is 7.02. The smallest absolute Gasteiger partial charge is 0.149 e. The highest BCUT2D eigenvalue weighted by atomic mass is 16.1. The largest absolute Gasteiger partial charge is 0.302 e. The quantitative estimate of drug-likeness (QED) is 0.659. The molecule has 0 aliphatic carbocycles.